The van der Waals surface area contributed by atoms with Gasteiger partial charge in [-0.3, -0.25) is 14.9 Å². The molecule has 0 aliphatic rings. The third-order valence-electron chi connectivity index (χ3n) is 3.54. The van der Waals surface area contributed by atoms with Crippen molar-refractivity contribution in [2.45, 2.75) is 26.2 Å². The summed E-state index contributed by atoms with van der Waals surface area (Å²) in [5.74, 6) is 0.828. The van der Waals surface area contributed by atoms with E-state index in [0.717, 1.165) is 22.5 Å². The fraction of sp³-hybridized carbons (Fsp3) is 0.467. The Bertz CT molecular complexity index is 693. The van der Waals surface area contributed by atoms with Gasteiger partial charge in [-0.1, -0.05) is 13.8 Å². The fourth-order valence-corrected chi connectivity index (χ4v) is 2.24. The maximum absolute atomic E-state index is 11.4. The number of imide groups is 1. The van der Waals surface area contributed by atoms with Crippen LogP contribution in [0.3, 0.4) is 0 Å². The molecule has 2 amide bonds. The third kappa shape index (κ3) is 3.24. The third-order valence-corrected chi connectivity index (χ3v) is 3.54. The van der Waals surface area contributed by atoms with Gasteiger partial charge in [-0.05, 0) is 18.1 Å². The highest BCUT2D eigenvalue weighted by atomic mass is 16.2. The summed E-state index contributed by atoms with van der Waals surface area (Å²) < 4.78 is 1.75. The second-order valence-electron chi connectivity index (χ2n) is 5.57. The van der Waals surface area contributed by atoms with Crippen LogP contribution in [0.5, 0.6) is 0 Å². The van der Waals surface area contributed by atoms with Crippen molar-refractivity contribution in [2.75, 3.05) is 18.5 Å². The van der Waals surface area contributed by atoms with Crippen molar-refractivity contribution in [3.8, 4) is 0 Å². The molecule has 0 saturated heterocycles. The number of amides is 2. The number of aromatic nitrogens is 3. The van der Waals surface area contributed by atoms with Crippen LogP contribution in [-0.2, 0) is 16.6 Å². The lowest BCUT2D eigenvalue weighted by atomic mass is 10.1. The van der Waals surface area contributed by atoms with Crippen LogP contribution in [0.1, 0.15) is 31.9 Å². The highest BCUT2D eigenvalue weighted by Crippen LogP contribution is 2.25. The summed E-state index contributed by atoms with van der Waals surface area (Å²) >= 11 is 0. The summed E-state index contributed by atoms with van der Waals surface area (Å²) in [5.41, 5.74) is 1.85. The van der Waals surface area contributed by atoms with Crippen LogP contribution in [0.15, 0.2) is 12.1 Å². The molecule has 2 aromatic heterocycles. The summed E-state index contributed by atoms with van der Waals surface area (Å²) in [7, 11) is 3.72. The maximum atomic E-state index is 11.4. The number of rotatable bonds is 6. The van der Waals surface area contributed by atoms with E-state index in [2.05, 4.69) is 29.2 Å². The number of aryl methyl sites for hydroxylation is 1. The first kappa shape index (κ1) is 15.9. The van der Waals surface area contributed by atoms with Crippen LogP contribution in [0.2, 0.25) is 0 Å². The zero-order valence-corrected chi connectivity index (χ0v) is 13.3. The smallest absolute Gasteiger partial charge is 0.228 e. The number of pyridine rings is 1. The van der Waals surface area contributed by atoms with Crippen LogP contribution in [-0.4, -0.2) is 40.7 Å². The summed E-state index contributed by atoms with van der Waals surface area (Å²) in [5, 5.41) is 7.57. The van der Waals surface area contributed by atoms with Gasteiger partial charge in [0.25, 0.3) is 0 Å². The van der Waals surface area contributed by atoms with Crippen LogP contribution in [0.25, 0.3) is 11.0 Å². The molecule has 0 aliphatic heterocycles. The summed E-state index contributed by atoms with van der Waals surface area (Å²) in [6.07, 6.45) is 0.626. The quantitative estimate of drug-likeness (QED) is 0.811. The van der Waals surface area contributed by atoms with E-state index < -0.39 is 0 Å². The first-order chi connectivity index (χ1) is 10.4. The average Bonchev–Trinajstić information content (AvgIpc) is 2.82. The minimum atomic E-state index is -0.303. The largest absolute Gasteiger partial charge is 0.357 e. The van der Waals surface area contributed by atoms with Gasteiger partial charge in [0.05, 0.1) is 5.39 Å². The van der Waals surface area contributed by atoms with Gasteiger partial charge in [0, 0.05) is 32.8 Å². The Kier molecular flexibility index (Phi) is 4.75. The maximum Gasteiger partial charge on any atom is 0.228 e. The number of hydrogen-bond acceptors (Lipinski definition) is 5. The Morgan fingerprint density at radius 3 is 2.82 bits per heavy atom. The predicted octanol–water partition coefficient (Wildman–Crippen LogP) is 1.19. The van der Waals surface area contributed by atoms with Gasteiger partial charge in [0.1, 0.15) is 0 Å². The number of nitrogens with one attached hydrogen (secondary N) is 1. The van der Waals surface area contributed by atoms with E-state index in [0.29, 0.717) is 18.9 Å². The molecule has 0 saturated carbocycles. The molecule has 1 N–H and O–H groups in total. The number of carbonyl (C=O) groups is 2. The lowest BCUT2D eigenvalue weighted by molar-refractivity contribution is -0.125. The Hall–Kier alpha value is -2.44. The van der Waals surface area contributed by atoms with E-state index in [1.807, 2.05) is 31.1 Å². The normalized spacial score (nSPS) is 11.0. The molecule has 0 spiro atoms. The van der Waals surface area contributed by atoms with Crippen molar-refractivity contribution < 1.29 is 9.59 Å². The molecule has 0 aliphatic carbocycles. The van der Waals surface area contributed by atoms with E-state index in [1.165, 1.54) is 0 Å². The number of anilines is 1. The lowest BCUT2D eigenvalue weighted by Crippen LogP contribution is -2.28. The summed E-state index contributed by atoms with van der Waals surface area (Å²) in [6.45, 7) is 4.67. The molecular weight excluding hydrogens is 282 g/mol. The van der Waals surface area contributed by atoms with Crippen LogP contribution in [0, 0.1) is 0 Å². The first-order valence-corrected chi connectivity index (χ1v) is 7.21. The Labute approximate surface area is 129 Å². The van der Waals surface area contributed by atoms with Crippen LogP contribution in [0.4, 0.5) is 5.82 Å². The van der Waals surface area contributed by atoms with Gasteiger partial charge < -0.3 is 4.90 Å². The molecule has 0 fully saturated rings. The van der Waals surface area contributed by atoms with Crippen molar-refractivity contribution in [1.29, 1.82) is 0 Å². The zero-order valence-electron chi connectivity index (χ0n) is 13.3. The van der Waals surface area contributed by atoms with Gasteiger partial charge in [0.2, 0.25) is 12.3 Å². The highest BCUT2D eigenvalue weighted by molar-refractivity contribution is 5.89. The number of hydrogen-bond donors (Lipinski definition) is 1. The zero-order chi connectivity index (χ0) is 16.3. The molecular formula is C15H21N5O2. The molecule has 7 nitrogen and oxygen atoms in total. The van der Waals surface area contributed by atoms with Gasteiger partial charge in [-0.15, -0.1) is 0 Å². The number of fused-ring (bicyclic) bond motifs is 1. The average molecular weight is 303 g/mol. The first-order valence-electron chi connectivity index (χ1n) is 7.21. The minimum Gasteiger partial charge on any atom is -0.357 e. The molecule has 0 radical (unpaired) electrons. The van der Waals surface area contributed by atoms with Gasteiger partial charge in [-0.25, -0.2) is 9.67 Å². The Morgan fingerprint density at radius 1 is 1.45 bits per heavy atom. The molecule has 0 aromatic carbocycles. The predicted molar refractivity (Wildman–Crippen MR) is 84.7 cm³/mol. The molecule has 0 atom stereocenters. The Balaban J connectivity index is 2.24. The topological polar surface area (TPSA) is 80.1 Å². The summed E-state index contributed by atoms with van der Waals surface area (Å²) in [6, 6.07) is 4.02. The van der Waals surface area contributed by atoms with Crippen molar-refractivity contribution in [3.05, 3.63) is 17.8 Å². The summed E-state index contributed by atoms with van der Waals surface area (Å²) in [4.78, 5) is 28.1. The molecule has 2 aromatic rings. The monoisotopic (exact) mass is 303 g/mol. The highest BCUT2D eigenvalue weighted by Gasteiger charge is 2.15. The fourth-order valence-electron chi connectivity index (χ4n) is 2.24. The van der Waals surface area contributed by atoms with Crippen LogP contribution < -0.4 is 10.2 Å². The number of carbonyl (C=O) groups excluding carboxylic acids is 2. The second-order valence-corrected chi connectivity index (χ2v) is 5.57. The van der Waals surface area contributed by atoms with Crippen molar-refractivity contribution in [1.82, 2.24) is 20.1 Å². The van der Waals surface area contributed by atoms with E-state index in [1.54, 1.807) is 4.68 Å². The van der Waals surface area contributed by atoms with Crippen molar-refractivity contribution >= 4 is 29.2 Å². The number of nitrogens with zero attached hydrogens (tertiary/aromatic N) is 4. The molecule has 7 heteroatoms. The molecule has 22 heavy (non-hydrogen) atoms. The molecule has 118 valence electrons. The van der Waals surface area contributed by atoms with Gasteiger partial charge in [0.15, 0.2) is 11.5 Å². The molecule has 2 rings (SSSR count). The van der Waals surface area contributed by atoms with E-state index >= 15 is 0 Å². The standard InChI is InChI=1S/C15H21N5O2/c1-10(2)12-6-5-11-14(17-12)20(4)18-15(11)19(3)8-7-13(22)16-9-21/h5-6,9-10H,7-8H2,1-4H3,(H,16,21,22). The minimum absolute atomic E-state index is 0.227. The van der Waals surface area contributed by atoms with E-state index in [4.69, 9.17) is 0 Å². The van der Waals surface area contributed by atoms with Crippen LogP contribution >= 0.6 is 0 Å². The van der Waals surface area contributed by atoms with Crippen molar-refractivity contribution in [2.24, 2.45) is 7.05 Å². The second kappa shape index (κ2) is 6.55. The molecule has 2 heterocycles. The molecule has 0 unspecified atom stereocenters. The van der Waals surface area contributed by atoms with Gasteiger partial charge in [-0.2, -0.15) is 5.10 Å². The van der Waals surface area contributed by atoms with Crippen molar-refractivity contribution in [3.63, 3.8) is 0 Å². The lowest BCUT2D eigenvalue weighted by Gasteiger charge is -2.15. The van der Waals surface area contributed by atoms with E-state index in [-0.39, 0.29) is 12.3 Å². The SMILES string of the molecule is CC(C)c1ccc2c(N(C)CCC(=O)NC=O)nn(C)c2n1. The molecule has 0 bridgehead atoms. The Morgan fingerprint density at radius 2 is 2.18 bits per heavy atom. The van der Waals surface area contributed by atoms with Gasteiger partial charge >= 0.3 is 0 Å². The van der Waals surface area contributed by atoms with E-state index in [9.17, 15) is 9.59 Å².